The van der Waals surface area contributed by atoms with Crippen LogP contribution in [0.5, 0.6) is 0 Å². The van der Waals surface area contributed by atoms with Crippen molar-refractivity contribution in [2.75, 3.05) is 18.8 Å². The number of halogens is 1. The van der Waals surface area contributed by atoms with Gasteiger partial charge < -0.3 is 0 Å². The largest absolute Gasteiger partial charge is 0.244 e. The number of aryl methyl sites for hydroxylation is 1. The van der Waals surface area contributed by atoms with Gasteiger partial charge in [-0.1, -0.05) is 6.92 Å². The van der Waals surface area contributed by atoms with Crippen LogP contribution in [0.3, 0.4) is 0 Å². The van der Waals surface area contributed by atoms with Gasteiger partial charge in [-0.3, -0.25) is 0 Å². The first-order chi connectivity index (χ1) is 7.91. The van der Waals surface area contributed by atoms with Crippen LogP contribution in [0.2, 0.25) is 0 Å². The summed E-state index contributed by atoms with van der Waals surface area (Å²) in [6.07, 6.45) is 0. The Morgan fingerprint density at radius 2 is 2.24 bits per heavy atom. The molecule has 0 radical (unpaired) electrons. The van der Waals surface area contributed by atoms with Crippen LogP contribution in [-0.4, -0.2) is 36.8 Å². The van der Waals surface area contributed by atoms with Crippen LogP contribution in [0.25, 0.3) is 0 Å². The Morgan fingerprint density at radius 1 is 1.53 bits per heavy atom. The van der Waals surface area contributed by atoms with E-state index in [9.17, 15) is 8.42 Å². The molecule has 1 saturated heterocycles. The van der Waals surface area contributed by atoms with Gasteiger partial charge in [-0.05, 0) is 28.9 Å². The van der Waals surface area contributed by atoms with E-state index in [1.807, 2.05) is 18.7 Å². The number of hydrogen-bond donors (Lipinski definition) is 0. The highest BCUT2D eigenvalue weighted by molar-refractivity contribution is 9.11. The van der Waals surface area contributed by atoms with Gasteiger partial charge in [0, 0.05) is 29.0 Å². The number of thiophene rings is 1. The predicted molar refractivity (Wildman–Crippen MR) is 77.4 cm³/mol. The molecule has 1 atom stereocenters. The second kappa shape index (κ2) is 5.21. The molecule has 7 heteroatoms. The Balaban J connectivity index is 2.33. The maximum atomic E-state index is 12.5. The molecule has 1 fully saturated rings. The zero-order valence-electron chi connectivity index (χ0n) is 9.64. The molecular formula is C10H14BrNO2S3. The van der Waals surface area contributed by atoms with Crippen molar-refractivity contribution < 1.29 is 8.42 Å². The fourth-order valence-electron chi connectivity index (χ4n) is 1.83. The first kappa shape index (κ1) is 13.9. The van der Waals surface area contributed by atoms with Crippen molar-refractivity contribution in [2.45, 2.75) is 24.0 Å². The smallest absolute Gasteiger partial charge is 0.207 e. The molecular weight excluding hydrogens is 342 g/mol. The SMILES string of the molecule is Cc1sc(Br)cc1S(=O)(=O)N1CCSC(C)C1. The topological polar surface area (TPSA) is 37.4 Å². The Labute approximate surface area is 119 Å². The van der Waals surface area contributed by atoms with Gasteiger partial charge in [0.15, 0.2) is 0 Å². The molecule has 0 amide bonds. The normalized spacial score (nSPS) is 22.9. The number of hydrogen-bond acceptors (Lipinski definition) is 4. The van der Waals surface area contributed by atoms with E-state index >= 15 is 0 Å². The van der Waals surface area contributed by atoms with Crippen LogP contribution < -0.4 is 0 Å². The highest BCUT2D eigenvalue weighted by Gasteiger charge is 2.30. The molecule has 0 saturated carbocycles. The van der Waals surface area contributed by atoms with Crippen molar-refractivity contribution >= 4 is 49.1 Å². The van der Waals surface area contributed by atoms with E-state index in [0.29, 0.717) is 23.2 Å². The first-order valence-electron chi connectivity index (χ1n) is 5.29. The van der Waals surface area contributed by atoms with Crippen LogP contribution in [0.1, 0.15) is 11.8 Å². The summed E-state index contributed by atoms with van der Waals surface area (Å²) in [5.41, 5.74) is 0. The molecule has 1 unspecified atom stereocenters. The lowest BCUT2D eigenvalue weighted by Crippen LogP contribution is -2.40. The average molecular weight is 356 g/mol. The van der Waals surface area contributed by atoms with E-state index in [0.717, 1.165) is 14.4 Å². The van der Waals surface area contributed by atoms with Crippen LogP contribution in [0.15, 0.2) is 14.7 Å². The van der Waals surface area contributed by atoms with Gasteiger partial charge in [0.2, 0.25) is 10.0 Å². The molecule has 0 N–H and O–H groups in total. The van der Waals surface area contributed by atoms with Crippen LogP contribution in [0.4, 0.5) is 0 Å². The second-order valence-electron chi connectivity index (χ2n) is 4.02. The summed E-state index contributed by atoms with van der Waals surface area (Å²) in [7, 11) is -3.30. The molecule has 2 rings (SSSR count). The third-order valence-corrected chi connectivity index (χ3v) is 7.47. The molecule has 1 aromatic heterocycles. The lowest BCUT2D eigenvalue weighted by atomic mass is 10.4. The molecule has 0 bridgehead atoms. The summed E-state index contributed by atoms with van der Waals surface area (Å²) in [4.78, 5) is 1.30. The van der Waals surface area contributed by atoms with Crippen molar-refractivity contribution in [3.8, 4) is 0 Å². The Kier molecular flexibility index (Phi) is 4.24. The third kappa shape index (κ3) is 2.89. The van der Waals surface area contributed by atoms with Gasteiger partial charge in [-0.15, -0.1) is 11.3 Å². The lowest BCUT2D eigenvalue weighted by molar-refractivity contribution is 0.424. The summed E-state index contributed by atoms with van der Waals surface area (Å²) in [5.74, 6) is 0.880. The summed E-state index contributed by atoms with van der Waals surface area (Å²) in [5, 5.41) is 0.376. The highest BCUT2D eigenvalue weighted by atomic mass is 79.9. The zero-order valence-corrected chi connectivity index (χ0v) is 13.7. The van der Waals surface area contributed by atoms with E-state index in [-0.39, 0.29) is 0 Å². The highest BCUT2D eigenvalue weighted by Crippen LogP contribution is 2.33. The molecule has 1 aromatic rings. The summed E-state index contributed by atoms with van der Waals surface area (Å²) < 4.78 is 27.4. The standard InChI is InChI=1S/C10H14BrNO2S3/c1-7-6-12(3-4-15-7)17(13,14)9-5-10(11)16-8(9)2/h5,7H,3-4,6H2,1-2H3. The van der Waals surface area contributed by atoms with Gasteiger partial charge in [0.05, 0.1) is 8.68 Å². The second-order valence-corrected chi connectivity index (χ2v) is 10.1. The van der Waals surface area contributed by atoms with E-state index < -0.39 is 10.0 Å². The Hall–Kier alpha value is 0.440. The minimum absolute atomic E-state index is 0.376. The molecule has 0 aromatic carbocycles. The maximum Gasteiger partial charge on any atom is 0.244 e. The van der Waals surface area contributed by atoms with Crippen molar-refractivity contribution in [3.05, 3.63) is 14.7 Å². The van der Waals surface area contributed by atoms with Crippen LogP contribution >= 0.6 is 39.0 Å². The number of nitrogens with zero attached hydrogens (tertiary/aromatic N) is 1. The van der Waals surface area contributed by atoms with E-state index in [4.69, 9.17) is 0 Å². The van der Waals surface area contributed by atoms with E-state index in [2.05, 4.69) is 22.9 Å². The summed E-state index contributed by atoms with van der Waals surface area (Å²) in [6, 6.07) is 1.71. The Morgan fingerprint density at radius 3 is 2.76 bits per heavy atom. The van der Waals surface area contributed by atoms with Crippen LogP contribution in [-0.2, 0) is 10.0 Å². The summed E-state index contributed by atoms with van der Waals surface area (Å²) in [6.45, 7) is 5.15. The van der Waals surface area contributed by atoms with Crippen molar-refractivity contribution in [2.24, 2.45) is 0 Å². The fourth-order valence-corrected chi connectivity index (χ4v) is 6.97. The minimum atomic E-state index is -3.30. The number of rotatable bonds is 2. The van der Waals surface area contributed by atoms with Gasteiger partial charge >= 0.3 is 0 Å². The molecule has 2 heterocycles. The lowest BCUT2D eigenvalue weighted by Gasteiger charge is -2.29. The summed E-state index contributed by atoms with van der Waals surface area (Å²) >= 11 is 6.64. The molecule has 96 valence electrons. The van der Waals surface area contributed by atoms with Crippen molar-refractivity contribution in [3.63, 3.8) is 0 Å². The molecule has 17 heavy (non-hydrogen) atoms. The maximum absolute atomic E-state index is 12.5. The molecule has 1 aliphatic rings. The third-order valence-electron chi connectivity index (χ3n) is 2.66. The van der Waals surface area contributed by atoms with Crippen molar-refractivity contribution in [1.82, 2.24) is 4.31 Å². The van der Waals surface area contributed by atoms with Gasteiger partial charge in [0.1, 0.15) is 0 Å². The van der Waals surface area contributed by atoms with E-state index in [1.165, 1.54) is 11.3 Å². The molecule has 1 aliphatic heterocycles. The van der Waals surface area contributed by atoms with E-state index in [1.54, 1.807) is 10.4 Å². The monoisotopic (exact) mass is 355 g/mol. The minimum Gasteiger partial charge on any atom is -0.207 e. The van der Waals surface area contributed by atoms with Crippen LogP contribution in [0, 0.1) is 6.92 Å². The zero-order chi connectivity index (χ0) is 12.6. The molecule has 0 aliphatic carbocycles. The van der Waals surface area contributed by atoms with Gasteiger partial charge in [-0.25, -0.2) is 8.42 Å². The predicted octanol–water partition coefficient (Wildman–Crippen LogP) is 2.95. The average Bonchev–Trinajstić information content (AvgIpc) is 2.58. The number of thioether (sulfide) groups is 1. The quantitative estimate of drug-likeness (QED) is 0.818. The molecule has 3 nitrogen and oxygen atoms in total. The molecule has 0 spiro atoms. The van der Waals surface area contributed by atoms with Gasteiger partial charge in [0.25, 0.3) is 0 Å². The fraction of sp³-hybridized carbons (Fsp3) is 0.600. The van der Waals surface area contributed by atoms with Crippen molar-refractivity contribution in [1.29, 1.82) is 0 Å². The van der Waals surface area contributed by atoms with Gasteiger partial charge in [-0.2, -0.15) is 16.1 Å². The Bertz CT molecular complexity index is 512. The first-order valence-corrected chi connectivity index (χ1v) is 9.39. The number of sulfonamides is 1.